The van der Waals surface area contributed by atoms with Gasteiger partial charge in [0.15, 0.2) is 0 Å². The van der Waals surface area contributed by atoms with Gasteiger partial charge in [-0.05, 0) is 48.9 Å². The number of hydrazone groups is 1. The van der Waals surface area contributed by atoms with Crippen molar-refractivity contribution in [3.63, 3.8) is 0 Å². The van der Waals surface area contributed by atoms with Crippen molar-refractivity contribution in [3.05, 3.63) is 64.7 Å². The molecule has 2 rings (SSSR count). The van der Waals surface area contributed by atoms with Gasteiger partial charge in [0, 0.05) is 10.6 Å². The van der Waals surface area contributed by atoms with Gasteiger partial charge in [-0.3, -0.25) is 9.59 Å². The average Bonchev–Trinajstić information content (AvgIpc) is 2.62. The Morgan fingerprint density at radius 3 is 2.44 bits per heavy atom. The Balaban J connectivity index is 1.77. The molecule has 2 amide bonds. The van der Waals surface area contributed by atoms with Crippen LogP contribution in [-0.4, -0.2) is 31.2 Å². The van der Waals surface area contributed by atoms with Crippen LogP contribution in [0.15, 0.2) is 53.6 Å². The number of halogens is 1. The predicted octanol–water partition coefficient (Wildman–Crippen LogP) is 2.62. The van der Waals surface area contributed by atoms with Crippen LogP contribution in [0.4, 0.5) is 0 Å². The minimum Gasteiger partial charge on any atom is -0.494 e. The first kappa shape index (κ1) is 18.5. The number of nitrogens with zero attached hydrogens (tertiary/aromatic N) is 1. The Morgan fingerprint density at radius 2 is 1.80 bits per heavy atom. The normalized spacial score (nSPS) is 10.5. The predicted molar refractivity (Wildman–Crippen MR) is 97.1 cm³/mol. The minimum absolute atomic E-state index is 0.177. The van der Waals surface area contributed by atoms with Gasteiger partial charge in [0.05, 0.1) is 19.4 Å². The summed E-state index contributed by atoms with van der Waals surface area (Å²) in [5.41, 5.74) is 3.58. The average molecular weight is 360 g/mol. The fourth-order valence-electron chi connectivity index (χ4n) is 1.90. The highest BCUT2D eigenvalue weighted by Gasteiger charge is 2.07. The standard InChI is InChI=1S/C18H18ClN3O3/c1-2-25-16-9-5-14(6-10-16)18(24)20-12-17(23)22-21-11-13-3-7-15(19)8-4-13/h3-11H,2,12H2,1H3,(H,20,24)(H,22,23)/b21-11-. The first-order valence-corrected chi connectivity index (χ1v) is 8.05. The number of carbonyl (C=O) groups excluding carboxylic acids is 2. The van der Waals surface area contributed by atoms with Gasteiger partial charge in [0.2, 0.25) is 0 Å². The van der Waals surface area contributed by atoms with Gasteiger partial charge in [0.1, 0.15) is 5.75 Å². The van der Waals surface area contributed by atoms with Crippen LogP contribution in [0.2, 0.25) is 5.02 Å². The molecule has 0 saturated heterocycles. The van der Waals surface area contributed by atoms with Gasteiger partial charge in [-0.2, -0.15) is 5.10 Å². The molecule has 0 fully saturated rings. The molecule has 2 N–H and O–H groups in total. The third kappa shape index (κ3) is 6.27. The van der Waals surface area contributed by atoms with Crippen LogP contribution in [0.5, 0.6) is 5.75 Å². The molecule has 130 valence electrons. The highest BCUT2D eigenvalue weighted by molar-refractivity contribution is 6.30. The van der Waals surface area contributed by atoms with E-state index >= 15 is 0 Å². The van der Waals surface area contributed by atoms with Crippen LogP contribution >= 0.6 is 11.6 Å². The molecule has 0 aliphatic carbocycles. The number of benzene rings is 2. The second kappa shape index (κ2) is 9.44. The smallest absolute Gasteiger partial charge is 0.259 e. The molecule has 25 heavy (non-hydrogen) atoms. The highest BCUT2D eigenvalue weighted by atomic mass is 35.5. The van der Waals surface area contributed by atoms with E-state index in [1.165, 1.54) is 6.21 Å². The molecule has 0 atom stereocenters. The summed E-state index contributed by atoms with van der Waals surface area (Å²) < 4.78 is 5.31. The maximum absolute atomic E-state index is 12.0. The second-order valence-electron chi connectivity index (χ2n) is 4.98. The van der Waals surface area contributed by atoms with E-state index in [2.05, 4.69) is 15.8 Å². The van der Waals surface area contributed by atoms with Gasteiger partial charge in [-0.15, -0.1) is 0 Å². The number of amides is 2. The van der Waals surface area contributed by atoms with Crippen molar-refractivity contribution in [2.24, 2.45) is 5.10 Å². The molecule has 2 aromatic rings. The third-order valence-electron chi connectivity index (χ3n) is 3.11. The quantitative estimate of drug-likeness (QED) is 0.589. The fourth-order valence-corrected chi connectivity index (χ4v) is 2.02. The maximum Gasteiger partial charge on any atom is 0.259 e. The summed E-state index contributed by atoms with van der Waals surface area (Å²) >= 11 is 5.78. The zero-order valence-electron chi connectivity index (χ0n) is 13.7. The summed E-state index contributed by atoms with van der Waals surface area (Å²) in [7, 11) is 0. The fraction of sp³-hybridized carbons (Fsp3) is 0.167. The monoisotopic (exact) mass is 359 g/mol. The molecule has 7 heteroatoms. The molecule has 0 aliphatic rings. The Hall–Kier alpha value is -2.86. The summed E-state index contributed by atoms with van der Waals surface area (Å²) in [5.74, 6) is -0.0855. The van der Waals surface area contributed by atoms with E-state index in [4.69, 9.17) is 16.3 Å². The summed E-state index contributed by atoms with van der Waals surface area (Å²) in [6.45, 7) is 2.26. The molecule has 0 aromatic heterocycles. The molecule has 0 spiro atoms. The zero-order valence-corrected chi connectivity index (χ0v) is 14.4. The third-order valence-corrected chi connectivity index (χ3v) is 3.36. The van der Waals surface area contributed by atoms with Crippen LogP contribution in [0, 0.1) is 0 Å². The van der Waals surface area contributed by atoms with E-state index in [-0.39, 0.29) is 12.5 Å². The van der Waals surface area contributed by atoms with Crippen LogP contribution in [0.3, 0.4) is 0 Å². The van der Waals surface area contributed by atoms with Crippen LogP contribution in [0.25, 0.3) is 0 Å². The first-order chi connectivity index (χ1) is 12.1. The Morgan fingerprint density at radius 1 is 1.12 bits per heavy atom. The molecule has 0 radical (unpaired) electrons. The number of carbonyl (C=O) groups is 2. The highest BCUT2D eigenvalue weighted by Crippen LogP contribution is 2.11. The summed E-state index contributed by atoms with van der Waals surface area (Å²) in [6, 6.07) is 13.7. The minimum atomic E-state index is -0.426. The molecule has 0 bridgehead atoms. The van der Waals surface area contributed by atoms with Gasteiger partial charge in [-0.25, -0.2) is 5.43 Å². The Bertz CT molecular complexity index is 743. The summed E-state index contributed by atoms with van der Waals surface area (Å²) in [5, 5.41) is 6.97. The first-order valence-electron chi connectivity index (χ1n) is 7.67. The lowest BCUT2D eigenvalue weighted by Crippen LogP contribution is -2.34. The van der Waals surface area contributed by atoms with Crippen molar-refractivity contribution in [2.45, 2.75) is 6.92 Å². The van der Waals surface area contributed by atoms with E-state index in [0.717, 1.165) is 5.56 Å². The molecular formula is C18H18ClN3O3. The van der Waals surface area contributed by atoms with Gasteiger partial charge >= 0.3 is 0 Å². The lowest BCUT2D eigenvalue weighted by Gasteiger charge is -2.06. The number of hydrogen-bond acceptors (Lipinski definition) is 4. The van der Waals surface area contributed by atoms with Crippen LogP contribution < -0.4 is 15.5 Å². The van der Waals surface area contributed by atoms with Crippen molar-refractivity contribution in [3.8, 4) is 5.75 Å². The van der Waals surface area contributed by atoms with Gasteiger partial charge < -0.3 is 10.1 Å². The largest absolute Gasteiger partial charge is 0.494 e. The SMILES string of the molecule is CCOc1ccc(C(=O)NCC(=O)N/N=C\c2ccc(Cl)cc2)cc1. The molecule has 6 nitrogen and oxygen atoms in total. The van der Waals surface area contributed by atoms with Gasteiger partial charge in [-0.1, -0.05) is 23.7 Å². The lowest BCUT2D eigenvalue weighted by atomic mass is 10.2. The summed E-state index contributed by atoms with van der Waals surface area (Å²) in [4.78, 5) is 23.6. The zero-order chi connectivity index (χ0) is 18.1. The van der Waals surface area contributed by atoms with Crippen molar-refractivity contribution >= 4 is 29.6 Å². The van der Waals surface area contributed by atoms with E-state index in [1.807, 2.05) is 6.92 Å². The number of ether oxygens (including phenoxy) is 1. The van der Waals surface area contributed by atoms with Crippen LogP contribution in [0.1, 0.15) is 22.8 Å². The number of rotatable bonds is 7. The van der Waals surface area contributed by atoms with Crippen LogP contribution in [-0.2, 0) is 4.79 Å². The molecule has 0 heterocycles. The Kier molecular flexibility index (Phi) is 6.98. The lowest BCUT2D eigenvalue weighted by molar-refractivity contribution is -0.120. The van der Waals surface area contributed by atoms with Crippen molar-refractivity contribution in [1.82, 2.24) is 10.7 Å². The van der Waals surface area contributed by atoms with E-state index in [0.29, 0.717) is 22.9 Å². The maximum atomic E-state index is 12.0. The van der Waals surface area contributed by atoms with Crippen molar-refractivity contribution in [2.75, 3.05) is 13.2 Å². The molecule has 0 aliphatic heterocycles. The molecule has 0 unspecified atom stereocenters. The number of hydrogen-bond donors (Lipinski definition) is 2. The van der Waals surface area contributed by atoms with E-state index in [9.17, 15) is 9.59 Å². The van der Waals surface area contributed by atoms with E-state index < -0.39 is 5.91 Å². The number of nitrogens with one attached hydrogen (secondary N) is 2. The summed E-state index contributed by atoms with van der Waals surface area (Å²) in [6.07, 6.45) is 1.49. The molecule has 0 saturated carbocycles. The Labute approximate surface area is 150 Å². The topological polar surface area (TPSA) is 79.8 Å². The van der Waals surface area contributed by atoms with E-state index in [1.54, 1.807) is 48.5 Å². The second-order valence-corrected chi connectivity index (χ2v) is 5.42. The molecular weight excluding hydrogens is 342 g/mol. The van der Waals surface area contributed by atoms with Gasteiger partial charge in [0.25, 0.3) is 11.8 Å². The van der Waals surface area contributed by atoms with Crippen molar-refractivity contribution < 1.29 is 14.3 Å². The molecule has 2 aromatic carbocycles. The van der Waals surface area contributed by atoms with Crippen molar-refractivity contribution in [1.29, 1.82) is 0 Å².